The number of benzene rings is 2. The highest BCUT2D eigenvalue weighted by Gasteiger charge is 2.38. The summed E-state index contributed by atoms with van der Waals surface area (Å²) in [5.41, 5.74) is 0.126. The second-order valence-electron chi connectivity index (χ2n) is 8.30. The molecule has 162 valence electrons. The van der Waals surface area contributed by atoms with Crippen LogP contribution in [0.25, 0.3) is 0 Å². The lowest BCUT2D eigenvalue weighted by molar-refractivity contribution is -0.343. The lowest BCUT2D eigenvalue weighted by Crippen LogP contribution is -2.40. The van der Waals surface area contributed by atoms with Gasteiger partial charge in [0.1, 0.15) is 0 Å². The van der Waals surface area contributed by atoms with E-state index in [9.17, 15) is 9.59 Å². The molecule has 0 saturated heterocycles. The molecule has 2 aromatic carbocycles. The van der Waals surface area contributed by atoms with Crippen molar-refractivity contribution in [1.82, 2.24) is 0 Å². The molecule has 0 aliphatic carbocycles. The summed E-state index contributed by atoms with van der Waals surface area (Å²) in [7, 11) is 0. The third-order valence-corrected chi connectivity index (χ3v) is 5.47. The molecule has 2 unspecified atom stereocenters. The molecule has 0 aromatic heterocycles. The summed E-state index contributed by atoms with van der Waals surface area (Å²) in [6, 6.07) is 18.4. The van der Waals surface area contributed by atoms with Crippen LogP contribution in [0.15, 0.2) is 60.7 Å². The quantitative estimate of drug-likeness (QED) is 0.168. The van der Waals surface area contributed by atoms with Crippen LogP contribution < -0.4 is 0 Å². The average molecular weight is 411 g/mol. The molecular weight excluding hydrogens is 376 g/mol. The lowest BCUT2D eigenvalue weighted by Gasteiger charge is -2.29. The van der Waals surface area contributed by atoms with E-state index in [0.717, 1.165) is 12.8 Å². The first kappa shape index (κ1) is 24.0. The number of hydrogen-bond donors (Lipinski definition) is 0. The van der Waals surface area contributed by atoms with Crippen molar-refractivity contribution in [2.24, 2.45) is 11.8 Å². The molecule has 2 rings (SSSR count). The molecule has 2 atom stereocenters. The van der Waals surface area contributed by atoms with Crippen molar-refractivity contribution in [3.63, 3.8) is 0 Å². The van der Waals surface area contributed by atoms with Crippen LogP contribution in [0, 0.1) is 11.8 Å². The van der Waals surface area contributed by atoms with Crippen molar-refractivity contribution in [1.29, 1.82) is 0 Å². The van der Waals surface area contributed by atoms with Crippen LogP contribution in [0.2, 0.25) is 0 Å². The van der Waals surface area contributed by atoms with Gasteiger partial charge in [-0.3, -0.25) is 9.59 Å². The first-order valence-corrected chi connectivity index (χ1v) is 10.9. The Hall–Kier alpha value is -2.30. The fourth-order valence-corrected chi connectivity index (χ4v) is 3.48. The molecule has 0 N–H and O–H groups in total. The Morgan fingerprint density at radius 3 is 2.03 bits per heavy atom. The molecule has 0 bridgehead atoms. The van der Waals surface area contributed by atoms with Crippen LogP contribution in [-0.4, -0.2) is 23.8 Å². The highest BCUT2D eigenvalue weighted by Crippen LogP contribution is 2.30. The summed E-state index contributed by atoms with van der Waals surface area (Å²) >= 11 is 0. The summed E-state index contributed by atoms with van der Waals surface area (Å²) in [4.78, 5) is 37.5. The highest BCUT2D eigenvalue weighted by molar-refractivity contribution is 6.02. The van der Waals surface area contributed by atoms with Crippen LogP contribution in [0.5, 0.6) is 0 Å². The van der Waals surface area contributed by atoms with E-state index in [4.69, 9.17) is 9.78 Å². The predicted octanol–water partition coefficient (Wildman–Crippen LogP) is 6.31. The maximum absolute atomic E-state index is 13.3. The SMILES string of the molecule is CCCCOOC(C)(CCC(C(=O)c1ccccc1)C(C)C)C(=O)c1ccccc1. The molecule has 30 heavy (non-hydrogen) atoms. The van der Waals surface area contributed by atoms with Crippen LogP contribution in [0.4, 0.5) is 0 Å². The summed E-state index contributed by atoms with van der Waals surface area (Å²) in [6.07, 6.45) is 2.77. The molecule has 2 aromatic rings. The Bertz CT molecular complexity index is 785. The predicted molar refractivity (Wildman–Crippen MR) is 119 cm³/mol. The van der Waals surface area contributed by atoms with E-state index in [1.807, 2.05) is 62.4 Å². The standard InChI is InChI=1S/C26H34O4/c1-5-6-19-29-30-26(4,25(28)22-15-11-8-12-16-22)18-17-23(20(2)3)24(27)21-13-9-7-10-14-21/h7-16,20,23H,5-6,17-19H2,1-4H3. The molecule has 0 amide bonds. The summed E-state index contributed by atoms with van der Waals surface area (Å²) in [6.45, 7) is 8.35. The number of unbranched alkanes of at least 4 members (excludes halogenated alkanes) is 1. The fraction of sp³-hybridized carbons (Fsp3) is 0.462. The molecular formula is C26H34O4. The highest BCUT2D eigenvalue weighted by atomic mass is 17.2. The Labute approximate surface area is 180 Å². The van der Waals surface area contributed by atoms with Crippen molar-refractivity contribution >= 4 is 11.6 Å². The number of hydrogen-bond acceptors (Lipinski definition) is 4. The minimum absolute atomic E-state index is 0.104. The zero-order chi connectivity index (χ0) is 22.0. The third-order valence-electron chi connectivity index (χ3n) is 5.47. The lowest BCUT2D eigenvalue weighted by atomic mass is 9.80. The van der Waals surface area contributed by atoms with Gasteiger partial charge in [-0.25, -0.2) is 9.78 Å². The Kier molecular flexibility index (Phi) is 9.41. The van der Waals surface area contributed by atoms with E-state index >= 15 is 0 Å². The Balaban J connectivity index is 2.18. The minimum atomic E-state index is -1.15. The van der Waals surface area contributed by atoms with Gasteiger partial charge < -0.3 is 0 Å². The van der Waals surface area contributed by atoms with E-state index in [1.165, 1.54) is 0 Å². The van der Waals surface area contributed by atoms with Crippen molar-refractivity contribution in [3.05, 3.63) is 71.8 Å². The zero-order valence-corrected chi connectivity index (χ0v) is 18.6. The normalized spacial score (nSPS) is 14.3. The molecule has 0 aliphatic rings. The first-order chi connectivity index (χ1) is 14.4. The van der Waals surface area contributed by atoms with Gasteiger partial charge in [0.25, 0.3) is 0 Å². The van der Waals surface area contributed by atoms with Gasteiger partial charge in [0.05, 0.1) is 6.61 Å². The number of carbonyl (C=O) groups is 2. The Morgan fingerprint density at radius 1 is 0.933 bits per heavy atom. The maximum atomic E-state index is 13.3. The molecule has 0 radical (unpaired) electrons. The number of Topliss-reactive ketones (excluding diaryl/α,β-unsaturated/α-hetero) is 2. The molecule has 0 fully saturated rings. The minimum Gasteiger partial charge on any atom is -0.294 e. The van der Waals surface area contributed by atoms with Crippen molar-refractivity contribution in [2.75, 3.05) is 6.61 Å². The molecule has 4 nitrogen and oxygen atoms in total. The van der Waals surface area contributed by atoms with E-state index in [-0.39, 0.29) is 23.4 Å². The average Bonchev–Trinajstić information content (AvgIpc) is 2.77. The largest absolute Gasteiger partial charge is 0.294 e. The van der Waals surface area contributed by atoms with Crippen molar-refractivity contribution in [2.45, 2.75) is 59.0 Å². The fourth-order valence-electron chi connectivity index (χ4n) is 3.48. The topological polar surface area (TPSA) is 52.6 Å². The van der Waals surface area contributed by atoms with Gasteiger partial charge in [0.15, 0.2) is 17.2 Å². The summed E-state index contributed by atoms with van der Waals surface area (Å²) in [5.74, 6) is -0.0781. The van der Waals surface area contributed by atoms with Gasteiger partial charge >= 0.3 is 0 Å². The van der Waals surface area contributed by atoms with E-state index in [0.29, 0.717) is 30.6 Å². The van der Waals surface area contributed by atoms with Crippen molar-refractivity contribution < 1.29 is 19.4 Å². The Morgan fingerprint density at radius 2 is 1.50 bits per heavy atom. The van der Waals surface area contributed by atoms with Gasteiger partial charge in [0.2, 0.25) is 0 Å². The van der Waals surface area contributed by atoms with E-state index < -0.39 is 5.60 Å². The van der Waals surface area contributed by atoms with Crippen LogP contribution in [0.3, 0.4) is 0 Å². The molecule has 0 heterocycles. The second-order valence-corrected chi connectivity index (χ2v) is 8.30. The maximum Gasteiger partial charge on any atom is 0.197 e. The van der Waals surface area contributed by atoms with E-state index in [1.54, 1.807) is 19.1 Å². The molecule has 0 saturated carbocycles. The summed E-state index contributed by atoms with van der Waals surface area (Å²) < 4.78 is 0. The molecule has 4 heteroatoms. The summed E-state index contributed by atoms with van der Waals surface area (Å²) in [5, 5.41) is 0. The monoisotopic (exact) mass is 410 g/mol. The second kappa shape index (κ2) is 11.8. The first-order valence-electron chi connectivity index (χ1n) is 10.9. The van der Waals surface area contributed by atoms with Crippen LogP contribution >= 0.6 is 0 Å². The van der Waals surface area contributed by atoms with Gasteiger partial charge in [-0.1, -0.05) is 87.9 Å². The van der Waals surface area contributed by atoms with Gasteiger partial charge in [-0.15, -0.1) is 0 Å². The van der Waals surface area contributed by atoms with Gasteiger partial charge in [-0.05, 0) is 32.1 Å². The number of rotatable bonds is 13. The molecule has 0 aliphatic heterocycles. The van der Waals surface area contributed by atoms with Crippen LogP contribution in [0.1, 0.15) is 74.1 Å². The van der Waals surface area contributed by atoms with E-state index in [2.05, 4.69) is 6.92 Å². The zero-order valence-electron chi connectivity index (χ0n) is 18.6. The van der Waals surface area contributed by atoms with Gasteiger partial charge in [0, 0.05) is 17.0 Å². The smallest absolute Gasteiger partial charge is 0.197 e. The number of ketones is 2. The number of carbonyl (C=O) groups excluding carboxylic acids is 2. The van der Waals surface area contributed by atoms with Crippen LogP contribution in [-0.2, 0) is 9.78 Å². The molecule has 0 spiro atoms. The van der Waals surface area contributed by atoms with Crippen molar-refractivity contribution in [3.8, 4) is 0 Å². The third kappa shape index (κ3) is 6.61. The van der Waals surface area contributed by atoms with Gasteiger partial charge in [-0.2, -0.15) is 0 Å².